The van der Waals surface area contributed by atoms with Gasteiger partial charge in [0.2, 0.25) is 0 Å². The fourth-order valence-corrected chi connectivity index (χ4v) is 0.340. The Balaban J connectivity index is -0.0000000356. The molecule has 1 aliphatic carbocycles. The summed E-state index contributed by atoms with van der Waals surface area (Å²) in [5.74, 6) is 0. The normalized spacial score (nSPS) is 11.3. The van der Waals surface area contributed by atoms with Gasteiger partial charge in [0.25, 0.3) is 0 Å². The van der Waals surface area contributed by atoms with Crippen molar-refractivity contribution >= 4 is 9.52 Å². The van der Waals surface area contributed by atoms with Gasteiger partial charge in [-0.1, -0.05) is 33.4 Å². The van der Waals surface area contributed by atoms with E-state index in [0.717, 1.165) is 22.4 Å². The maximum absolute atomic E-state index is 6.83. The predicted octanol–water partition coefficient (Wildman–Crippen LogP) is -2.33. The third-order valence-electron chi connectivity index (χ3n) is 1.20. The molecule has 0 amide bonds. The molecule has 0 heterocycles. The number of halogens is 2. The standard InChI is InChI=1S/C5H5.C4H10N.C2H7Si.2ClH.Ti/c1-2-4-5-3-1;1-3-4(2)5;1-3-2;;;/h1-3H,4H2;4-5H,3H2,1-2H3;3H,1-2H3;2*1H;/q2*-1;;;;+4/p-2. The molecular formula is C11H22Cl2NSiTi. The van der Waals surface area contributed by atoms with Gasteiger partial charge in [0.15, 0.2) is 0 Å². The van der Waals surface area contributed by atoms with Gasteiger partial charge in [-0.2, -0.15) is 6.08 Å². The number of rotatable bonds is 1. The first-order valence-corrected chi connectivity index (χ1v) is 7.16. The first-order chi connectivity index (χ1) is 6.18. The topological polar surface area (TPSA) is 23.8 Å². The monoisotopic (exact) mass is 314 g/mol. The molecule has 1 rings (SSSR count). The minimum atomic E-state index is 0. The molecule has 0 aromatic rings. The van der Waals surface area contributed by atoms with Gasteiger partial charge < -0.3 is 30.5 Å². The van der Waals surface area contributed by atoms with Gasteiger partial charge in [-0.05, 0) is 0 Å². The van der Waals surface area contributed by atoms with E-state index in [1.54, 1.807) is 0 Å². The van der Waals surface area contributed by atoms with Crippen LogP contribution in [-0.4, -0.2) is 15.6 Å². The quantitative estimate of drug-likeness (QED) is 0.383. The molecule has 0 aromatic heterocycles. The summed E-state index contributed by atoms with van der Waals surface area (Å²) in [6, 6.07) is 0.134. The van der Waals surface area contributed by atoms with E-state index in [1.807, 2.05) is 26.0 Å². The van der Waals surface area contributed by atoms with Gasteiger partial charge in [-0.3, -0.25) is 6.08 Å². The summed E-state index contributed by atoms with van der Waals surface area (Å²) in [4.78, 5) is 0. The van der Waals surface area contributed by atoms with Crippen LogP contribution in [0.3, 0.4) is 0 Å². The third-order valence-corrected chi connectivity index (χ3v) is 1.20. The maximum atomic E-state index is 6.83. The van der Waals surface area contributed by atoms with Crippen LogP contribution in [0.5, 0.6) is 0 Å². The van der Waals surface area contributed by atoms with Crippen molar-refractivity contribution in [1.29, 1.82) is 0 Å². The Labute approximate surface area is 131 Å². The van der Waals surface area contributed by atoms with Crippen molar-refractivity contribution in [2.24, 2.45) is 0 Å². The van der Waals surface area contributed by atoms with E-state index in [9.17, 15) is 0 Å². The molecular weight excluding hydrogens is 293 g/mol. The van der Waals surface area contributed by atoms with Crippen molar-refractivity contribution in [2.45, 2.75) is 45.8 Å². The molecule has 93 valence electrons. The zero-order valence-corrected chi connectivity index (χ0v) is 14.8. The molecule has 0 fully saturated rings. The Morgan fingerprint density at radius 2 is 1.75 bits per heavy atom. The smallest absolute Gasteiger partial charge is 1.00 e. The Bertz CT molecular complexity index is 132. The van der Waals surface area contributed by atoms with Crippen molar-refractivity contribution in [3.05, 3.63) is 30.0 Å². The van der Waals surface area contributed by atoms with Crippen LogP contribution in [0.4, 0.5) is 0 Å². The average Bonchev–Trinajstić information content (AvgIpc) is 2.62. The van der Waals surface area contributed by atoms with E-state index >= 15 is 0 Å². The molecule has 0 bridgehead atoms. The SMILES string of the molecule is CCC(C)[NH-].C[SiH]C.[C-]1=CC=CC1.[Cl-].[Cl-].[Ti+4]. The second-order valence-electron chi connectivity index (χ2n) is 2.89. The summed E-state index contributed by atoms with van der Waals surface area (Å²) < 4.78 is 0. The van der Waals surface area contributed by atoms with Gasteiger partial charge in [0.1, 0.15) is 0 Å². The van der Waals surface area contributed by atoms with E-state index in [-0.39, 0.29) is 52.6 Å². The van der Waals surface area contributed by atoms with E-state index in [4.69, 9.17) is 5.73 Å². The molecule has 5 heteroatoms. The number of hydrogen-bond acceptors (Lipinski definition) is 0. The molecule has 1 aliphatic rings. The number of nitrogens with one attached hydrogen (secondary N) is 1. The fraction of sp³-hybridized carbons (Fsp3) is 0.636. The largest absolute Gasteiger partial charge is 4.00 e. The van der Waals surface area contributed by atoms with Gasteiger partial charge in [0, 0.05) is 9.52 Å². The molecule has 0 spiro atoms. The molecule has 1 nitrogen and oxygen atoms in total. The number of hydrogen-bond donors (Lipinski definition) is 0. The summed E-state index contributed by atoms with van der Waals surface area (Å²) in [5, 5.41) is 0. The third kappa shape index (κ3) is 46.0. The zero-order chi connectivity index (χ0) is 10.5. The van der Waals surface area contributed by atoms with Gasteiger partial charge in [0.05, 0.1) is 0 Å². The Kier molecular flexibility index (Phi) is 56.1. The summed E-state index contributed by atoms with van der Waals surface area (Å²) in [5.41, 5.74) is 6.83. The van der Waals surface area contributed by atoms with Crippen LogP contribution in [0, 0.1) is 6.08 Å². The van der Waals surface area contributed by atoms with Crippen LogP contribution >= 0.6 is 0 Å². The maximum Gasteiger partial charge on any atom is 4.00 e. The van der Waals surface area contributed by atoms with Crippen molar-refractivity contribution in [1.82, 2.24) is 0 Å². The molecule has 16 heavy (non-hydrogen) atoms. The fourth-order valence-electron chi connectivity index (χ4n) is 0.340. The number of allylic oxidation sites excluding steroid dienone is 4. The van der Waals surface area contributed by atoms with Crippen LogP contribution in [0.25, 0.3) is 5.73 Å². The molecule has 1 atom stereocenters. The molecule has 0 saturated carbocycles. The van der Waals surface area contributed by atoms with Crippen molar-refractivity contribution in [3.63, 3.8) is 0 Å². The van der Waals surface area contributed by atoms with Crippen molar-refractivity contribution in [3.8, 4) is 0 Å². The molecule has 1 N–H and O–H groups in total. The molecule has 1 radical (unpaired) electrons. The minimum Gasteiger partial charge on any atom is -1.00 e. The summed E-state index contributed by atoms with van der Waals surface area (Å²) in [7, 11) is 0.750. The van der Waals surface area contributed by atoms with E-state index < -0.39 is 0 Å². The van der Waals surface area contributed by atoms with Crippen LogP contribution in [-0.2, 0) is 21.7 Å². The molecule has 0 aliphatic heterocycles. The van der Waals surface area contributed by atoms with Gasteiger partial charge in [-0.25, -0.2) is 12.2 Å². The van der Waals surface area contributed by atoms with E-state index in [1.165, 1.54) is 0 Å². The second kappa shape index (κ2) is 29.7. The first-order valence-electron chi connectivity index (χ1n) is 4.85. The minimum absolute atomic E-state index is 0. The van der Waals surface area contributed by atoms with Crippen LogP contribution in [0.1, 0.15) is 26.7 Å². The van der Waals surface area contributed by atoms with Crippen molar-refractivity contribution in [2.75, 3.05) is 0 Å². The van der Waals surface area contributed by atoms with Crippen LogP contribution in [0.2, 0.25) is 13.1 Å². The Morgan fingerprint density at radius 1 is 1.38 bits per heavy atom. The van der Waals surface area contributed by atoms with E-state index in [0.29, 0.717) is 0 Å². The van der Waals surface area contributed by atoms with Gasteiger partial charge in [-0.15, -0.1) is 12.5 Å². The Morgan fingerprint density at radius 3 is 1.81 bits per heavy atom. The van der Waals surface area contributed by atoms with Crippen LogP contribution in [0.15, 0.2) is 18.2 Å². The van der Waals surface area contributed by atoms with Gasteiger partial charge >= 0.3 is 21.7 Å². The first kappa shape index (κ1) is 30.2. The Hall–Kier alpha value is 0.951. The second-order valence-corrected chi connectivity index (χ2v) is 4.04. The summed E-state index contributed by atoms with van der Waals surface area (Å²) in [6.07, 6.45) is 11.0. The zero-order valence-electron chi connectivity index (χ0n) is 10.6. The molecule has 1 unspecified atom stereocenters. The summed E-state index contributed by atoms with van der Waals surface area (Å²) >= 11 is 0. The summed E-state index contributed by atoms with van der Waals surface area (Å²) in [6.45, 7) is 8.32. The predicted molar refractivity (Wildman–Crippen MR) is 64.5 cm³/mol. The molecule has 0 aromatic carbocycles. The average molecular weight is 315 g/mol. The van der Waals surface area contributed by atoms with Crippen LogP contribution < -0.4 is 24.8 Å². The molecule has 0 saturated heterocycles. The van der Waals surface area contributed by atoms with E-state index in [2.05, 4.69) is 25.2 Å². The van der Waals surface area contributed by atoms with Crippen molar-refractivity contribution < 1.29 is 46.5 Å².